The minimum Gasteiger partial charge on any atom is -0.444 e. The molecule has 4 aromatic rings. The number of aromatic nitrogens is 5. The minimum absolute atomic E-state index is 0.151. The number of carbonyl (C=O) groups excluding carboxylic acids is 3. The van der Waals surface area contributed by atoms with Crippen molar-refractivity contribution in [1.82, 2.24) is 35.2 Å². The Hall–Kier alpha value is -5.16. The average Bonchev–Trinajstić information content (AvgIpc) is 3.51. The van der Waals surface area contributed by atoms with Crippen LogP contribution in [0.4, 0.5) is 23.7 Å². The lowest BCUT2D eigenvalue weighted by Crippen LogP contribution is -2.42. The molecule has 14 nitrogen and oxygen atoms in total. The molecule has 0 unspecified atom stereocenters. The predicted octanol–water partition coefficient (Wildman–Crippen LogP) is 6.84. The number of rotatable bonds is 6. The summed E-state index contributed by atoms with van der Waals surface area (Å²) in [5.74, 6) is -1.50. The van der Waals surface area contributed by atoms with E-state index in [1.54, 1.807) is 56.1 Å². The van der Waals surface area contributed by atoms with Crippen molar-refractivity contribution >= 4 is 46.9 Å². The van der Waals surface area contributed by atoms with Crippen molar-refractivity contribution < 1.29 is 37.0 Å². The molecule has 2 aromatic heterocycles. The van der Waals surface area contributed by atoms with E-state index in [0.29, 0.717) is 48.3 Å². The topological polar surface area (TPSA) is 171 Å². The summed E-state index contributed by atoms with van der Waals surface area (Å²) in [6.07, 6.45) is 1.29. The largest absolute Gasteiger partial charge is 0.575 e. The molecule has 2 atom stereocenters. The molecule has 1 aliphatic heterocycles. The Labute approximate surface area is 324 Å². The molecular weight excluding hydrogens is 768 g/mol. The maximum Gasteiger partial charge on any atom is 0.575 e. The Bertz CT molecular complexity index is 2020. The first-order valence-electron chi connectivity index (χ1n) is 17.2. The van der Waals surface area contributed by atoms with Gasteiger partial charge in [0.2, 0.25) is 5.91 Å². The average molecular weight is 810 g/mol. The van der Waals surface area contributed by atoms with Crippen LogP contribution in [0.25, 0.3) is 16.9 Å². The molecule has 19 heteroatoms. The van der Waals surface area contributed by atoms with E-state index in [4.69, 9.17) is 32.9 Å². The number of fused-ring (bicyclic) bond motifs is 2. The Balaban J connectivity index is 0.000000757. The summed E-state index contributed by atoms with van der Waals surface area (Å²) in [4.78, 5) is 53.3. The van der Waals surface area contributed by atoms with Gasteiger partial charge in [-0.1, -0.05) is 53.4 Å². The predicted molar refractivity (Wildman–Crippen MR) is 199 cm³/mol. The lowest BCUT2D eigenvalue weighted by atomic mass is 9.99. The lowest BCUT2D eigenvalue weighted by molar-refractivity contribution is -0.304. The molecule has 3 heterocycles. The highest BCUT2D eigenvalue weighted by atomic mass is 35.5. The number of nitrogens with zero attached hydrogens (tertiary/aromatic N) is 5. The maximum atomic E-state index is 13.7. The van der Waals surface area contributed by atoms with E-state index in [1.807, 2.05) is 24.3 Å². The van der Waals surface area contributed by atoms with Gasteiger partial charge in [0.05, 0.1) is 29.9 Å². The van der Waals surface area contributed by atoms with Crippen LogP contribution in [0.1, 0.15) is 71.4 Å². The molecular formula is C36H41Cl2F3N8O6. The summed E-state index contributed by atoms with van der Waals surface area (Å²) in [6.45, 7) is 6.84. The van der Waals surface area contributed by atoms with Crippen molar-refractivity contribution in [2.75, 3.05) is 18.4 Å². The summed E-state index contributed by atoms with van der Waals surface area (Å²) in [6, 6.07) is 13.5. The van der Waals surface area contributed by atoms with Crippen molar-refractivity contribution in [3.8, 4) is 16.9 Å². The van der Waals surface area contributed by atoms with Crippen LogP contribution in [-0.4, -0.2) is 73.6 Å². The lowest BCUT2D eigenvalue weighted by Gasteiger charge is -2.23. The third-order valence-electron chi connectivity index (χ3n) is 7.86. The smallest absolute Gasteiger partial charge is 0.444 e. The van der Waals surface area contributed by atoms with Crippen LogP contribution >= 0.6 is 23.2 Å². The zero-order valence-corrected chi connectivity index (χ0v) is 32.0. The van der Waals surface area contributed by atoms with Gasteiger partial charge < -0.3 is 25.4 Å². The van der Waals surface area contributed by atoms with Crippen LogP contribution in [0.2, 0.25) is 10.2 Å². The number of alkyl halides is 3. The van der Waals surface area contributed by atoms with E-state index in [0.717, 1.165) is 30.5 Å². The van der Waals surface area contributed by atoms with Crippen molar-refractivity contribution in [1.29, 1.82) is 0 Å². The zero-order chi connectivity index (χ0) is 40.3. The van der Waals surface area contributed by atoms with Gasteiger partial charge in [0.15, 0.2) is 5.15 Å². The van der Waals surface area contributed by atoms with Crippen molar-refractivity contribution in [3.63, 3.8) is 0 Å². The SMILES string of the molecule is CC(=O)OC(F)(F)F.CC(C)(C)OC(=O)NCC[C@H]1Nc2cccc(c2)[C@@H](n2cnc(-c3cc(Cl)ccc3-n3cc(Cl)nn3)cc2=O)CCCCCNC1=O. The second-order valence-corrected chi connectivity index (χ2v) is 14.2. The zero-order valence-electron chi connectivity index (χ0n) is 30.5. The summed E-state index contributed by atoms with van der Waals surface area (Å²) >= 11 is 12.3. The number of amides is 2. The normalized spacial score (nSPS) is 16.4. The van der Waals surface area contributed by atoms with Gasteiger partial charge >= 0.3 is 18.4 Å². The van der Waals surface area contributed by atoms with E-state index >= 15 is 0 Å². The first-order valence-corrected chi connectivity index (χ1v) is 18.0. The molecule has 296 valence electrons. The van der Waals surface area contributed by atoms with Gasteiger partial charge in [-0.2, -0.15) is 0 Å². The molecule has 3 N–H and O–H groups in total. The molecule has 0 saturated carbocycles. The van der Waals surface area contributed by atoms with Crippen LogP contribution in [-0.2, 0) is 19.1 Å². The fourth-order valence-corrected chi connectivity index (χ4v) is 5.91. The number of alkyl carbamates (subject to hydrolysis) is 1. The van der Waals surface area contributed by atoms with Crippen molar-refractivity contribution in [2.45, 2.75) is 83.8 Å². The number of nitrogens with one attached hydrogen (secondary N) is 3. The fourth-order valence-electron chi connectivity index (χ4n) is 5.61. The Kier molecular flexibility index (Phi) is 14.7. The van der Waals surface area contributed by atoms with Crippen LogP contribution in [0.3, 0.4) is 0 Å². The first kappa shape index (κ1) is 42.6. The summed E-state index contributed by atoms with van der Waals surface area (Å²) in [5, 5.41) is 17.7. The van der Waals surface area contributed by atoms with E-state index in [1.165, 1.54) is 10.7 Å². The van der Waals surface area contributed by atoms with E-state index < -0.39 is 30.1 Å². The molecule has 2 aromatic carbocycles. The second-order valence-electron chi connectivity index (χ2n) is 13.4. The number of ether oxygens (including phenoxy) is 2. The van der Waals surface area contributed by atoms with Crippen LogP contribution in [0.15, 0.2) is 65.8 Å². The fraction of sp³-hybridized carbons (Fsp3) is 0.417. The number of esters is 1. The number of halogens is 5. The standard InChI is InChI=1S/C33H38Cl2N8O4.C3H3F3O2/c1-33(2,3)47-32(46)37-15-13-25-31(45)36-14-6-4-5-10-27(21-8-7-9-23(16-21)39-25)42-20-38-26(18-30(42)44)24-17-22(34)11-12-28(24)43-19-29(35)40-41-43;1-2(7)8-3(4,5)6/h7-9,11-12,16-20,25,27,39H,4-6,10,13-15H2,1-3H3,(H,36,45)(H,37,46);1H3/t25-,27+;/m1./s1. The van der Waals surface area contributed by atoms with Crippen LogP contribution in [0.5, 0.6) is 0 Å². The van der Waals surface area contributed by atoms with Crippen LogP contribution < -0.4 is 21.5 Å². The van der Waals surface area contributed by atoms with E-state index in [2.05, 4.69) is 31.0 Å². The molecule has 5 rings (SSSR count). The number of anilines is 1. The highest BCUT2D eigenvalue weighted by molar-refractivity contribution is 6.31. The number of hydrogen-bond donors (Lipinski definition) is 3. The van der Waals surface area contributed by atoms with Gasteiger partial charge in [0, 0.05) is 42.4 Å². The Morgan fingerprint density at radius 2 is 1.78 bits per heavy atom. The van der Waals surface area contributed by atoms with Gasteiger partial charge in [-0.05, 0) is 75.9 Å². The summed E-state index contributed by atoms with van der Waals surface area (Å²) in [5.41, 5.74) is 2.43. The van der Waals surface area contributed by atoms with Gasteiger partial charge in [0.1, 0.15) is 11.6 Å². The maximum absolute atomic E-state index is 13.7. The monoisotopic (exact) mass is 808 g/mol. The van der Waals surface area contributed by atoms with Crippen molar-refractivity contribution in [3.05, 3.63) is 87.1 Å². The number of hydrogen-bond acceptors (Lipinski definition) is 10. The van der Waals surface area contributed by atoms with Gasteiger partial charge in [-0.3, -0.25) is 19.0 Å². The summed E-state index contributed by atoms with van der Waals surface area (Å²) in [7, 11) is 0. The molecule has 2 amide bonds. The molecule has 55 heavy (non-hydrogen) atoms. The van der Waals surface area contributed by atoms with Gasteiger partial charge in [-0.25, -0.2) is 14.5 Å². The summed E-state index contributed by atoms with van der Waals surface area (Å²) < 4.78 is 43.9. The third-order valence-corrected chi connectivity index (χ3v) is 8.27. The molecule has 2 bridgehead atoms. The molecule has 0 saturated heterocycles. The first-order chi connectivity index (χ1) is 25.9. The molecule has 1 aliphatic rings. The quantitative estimate of drug-likeness (QED) is 0.175. The molecule has 0 spiro atoms. The van der Waals surface area contributed by atoms with E-state index in [-0.39, 0.29) is 29.2 Å². The molecule has 0 fully saturated rings. The molecule has 0 aliphatic carbocycles. The Morgan fingerprint density at radius 3 is 2.42 bits per heavy atom. The van der Waals surface area contributed by atoms with Crippen LogP contribution in [0, 0.1) is 0 Å². The number of carbonyl (C=O) groups is 3. The van der Waals surface area contributed by atoms with Crippen molar-refractivity contribution in [2.24, 2.45) is 0 Å². The second kappa shape index (κ2) is 18.9. The van der Waals surface area contributed by atoms with Gasteiger partial charge in [0.25, 0.3) is 5.56 Å². The minimum atomic E-state index is -4.83. The third kappa shape index (κ3) is 13.6. The number of benzene rings is 2. The molecule has 0 radical (unpaired) electrons. The van der Waals surface area contributed by atoms with E-state index in [9.17, 15) is 32.3 Å². The highest BCUT2D eigenvalue weighted by Gasteiger charge is 2.32. The van der Waals surface area contributed by atoms with Gasteiger partial charge in [-0.15, -0.1) is 18.3 Å². The Morgan fingerprint density at radius 1 is 1.02 bits per heavy atom. The highest BCUT2D eigenvalue weighted by Crippen LogP contribution is 2.30.